The smallest absolute Gasteiger partial charge is 0.310 e. The third-order valence-corrected chi connectivity index (χ3v) is 6.36. The number of thioether (sulfide) groups is 1. The maximum absolute atomic E-state index is 13.2. The largest absolute Gasteiger partial charge is 0.502 e. The van der Waals surface area contributed by atoms with Crippen LogP contribution in [0.5, 0.6) is 5.75 Å². The van der Waals surface area contributed by atoms with E-state index in [0.717, 1.165) is 22.2 Å². The maximum Gasteiger partial charge on any atom is 0.310 e. The van der Waals surface area contributed by atoms with Crippen LogP contribution in [-0.4, -0.2) is 20.7 Å². The van der Waals surface area contributed by atoms with Gasteiger partial charge < -0.3 is 5.11 Å². The first-order valence-electron chi connectivity index (χ1n) is 9.20. The molecular weight excluding hydrogens is 536 g/mol. The number of hydrogen-bond acceptors (Lipinski definition) is 7. The highest BCUT2D eigenvalue weighted by Crippen LogP contribution is 2.33. The summed E-state index contributed by atoms with van der Waals surface area (Å²) in [6, 6.07) is 15.0. The molecule has 0 heterocycles. The van der Waals surface area contributed by atoms with Gasteiger partial charge in [-0.1, -0.05) is 39.7 Å². The molecule has 0 radical (unpaired) electrons. The molecular formula is C22H14BrClN2O6S. The van der Waals surface area contributed by atoms with Crippen LogP contribution in [0.25, 0.3) is 6.08 Å². The molecule has 0 amide bonds. The molecule has 0 saturated carbocycles. The van der Waals surface area contributed by atoms with Crippen molar-refractivity contribution in [2.75, 3.05) is 0 Å². The Balaban J connectivity index is 1.98. The van der Waals surface area contributed by atoms with E-state index in [1.807, 2.05) is 24.3 Å². The van der Waals surface area contributed by atoms with E-state index in [0.29, 0.717) is 11.3 Å². The Labute approximate surface area is 205 Å². The molecule has 0 aliphatic rings. The molecule has 0 aliphatic heterocycles. The third kappa shape index (κ3) is 6.19. The quantitative estimate of drug-likeness (QED) is 0.142. The molecule has 3 rings (SSSR count). The number of nitro groups is 2. The van der Waals surface area contributed by atoms with E-state index >= 15 is 0 Å². The summed E-state index contributed by atoms with van der Waals surface area (Å²) < 4.78 is 0.907. The first-order valence-corrected chi connectivity index (χ1v) is 11.4. The Morgan fingerprint density at radius 2 is 1.64 bits per heavy atom. The number of phenolic OH excluding ortho intramolecular Hbond substituents is 1. The number of halogens is 2. The van der Waals surface area contributed by atoms with Crippen LogP contribution >= 0.6 is 39.3 Å². The second-order valence-electron chi connectivity index (χ2n) is 6.68. The van der Waals surface area contributed by atoms with Gasteiger partial charge in [-0.2, -0.15) is 0 Å². The molecule has 168 valence electrons. The lowest BCUT2D eigenvalue weighted by molar-refractivity contribution is -0.385. The summed E-state index contributed by atoms with van der Waals surface area (Å²) in [5.74, 6) is -0.534. The van der Waals surface area contributed by atoms with Crippen LogP contribution in [0.3, 0.4) is 0 Å². The third-order valence-electron chi connectivity index (χ3n) is 4.43. The van der Waals surface area contributed by atoms with Gasteiger partial charge in [-0.25, -0.2) is 0 Å². The number of carbonyl (C=O) groups is 1. The highest BCUT2D eigenvalue weighted by molar-refractivity contribution is 9.10. The van der Waals surface area contributed by atoms with Crippen LogP contribution in [-0.2, 0) is 5.75 Å². The highest BCUT2D eigenvalue weighted by atomic mass is 79.9. The number of ketones is 1. The van der Waals surface area contributed by atoms with Gasteiger partial charge in [0.1, 0.15) is 5.02 Å². The minimum atomic E-state index is -0.712. The van der Waals surface area contributed by atoms with Crippen LogP contribution in [0.4, 0.5) is 11.4 Å². The fourth-order valence-electron chi connectivity index (χ4n) is 2.79. The van der Waals surface area contributed by atoms with Crippen LogP contribution < -0.4 is 0 Å². The lowest BCUT2D eigenvalue weighted by Crippen LogP contribution is -2.02. The molecule has 0 saturated heterocycles. The average molecular weight is 550 g/mol. The summed E-state index contributed by atoms with van der Waals surface area (Å²) in [6.45, 7) is 0. The number of aromatic hydroxyl groups is 1. The van der Waals surface area contributed by atoms with E-state index in [9.17, 15) is 30.1 Å². The normalized spacial score (nSPS) is 11.3. The number of nitro benzene ring substituents is 2. The van der Waals surface area contributed by atoms with Gasteiger partial charge in [0.2, 0.25) is 0 Å². The molecule has 3 aromatic rings. The van der Waals surface area contributed by atoms with Crippen molar-refractivity contribution in [3.63, 3.8) is 0 Å². The standard InChI is InChI=1S/C22H14BrClN2O6S/c23-16-5-1-13(2-6-16)12-33-21(10-14-3-7-19(26(31)32)20(27)9-14)22(28)15-4-8-18(25(29)30)17(24)11-15/h1-11,27H,12H2/b21-10+. The summed E-state index contributed by atoms with van der Waals surface area (Å²) in [7, 11) is 0. The molecule has 1 N–H and O–H groups in total. The summed E-state index contributed by atoms with van der Waals surface area (Å²) in [5, 5.41) is 31.7. The van der Waals surface area contributed by atoms with Crippen molar-refractivity contribution in [2.45, 2.75) is 5.75 Å². The van der Waals surface area contributed by atoms with Crippen molar-refractivity contribution in [2.24, 2.45) is 0 Å². The minimum absolute atomic E-state index is 0.145. The SMILES string of the molecule is O=C(/C(=C\c1ccc([N+](=O)[O-])c(O)c1)SCc1ccc(Br)cc1)c1ccc([N+](=O)[O-])c(Cl)c1. The summed E-state index contributed by atoms with van der Waals surface area (Å²) in [6.07, 6.45) is 1.49. The van der Waals surface area contributed by atoms with E-state index < -0.39 is 27.1 Å². The average Bonchev–Trinajstić information content (AvgIpc) is 2.76. The second kappa shape index (κ2) is 10.6. The predicted molar refractivity (Wildman–Crippen MR) is 131 cm³/mol. The topological polar surface area (TPSA) is 124 Å². The molecule has 0 unspecified atom stereocenters. The number of nitrogens with zero attached hydrogens (tertiary/aromatic N) is 2. The van der Waals surface area contributed by atoms with Gasteiger partial charge in [-0.3, -0.25) is 25.0 Å². The zero-order valence-electron chi connectivity index (χ0n) is 16.6. The van der Waals surface area contributed by atoms with Crippen LogP contribution in [0.1, 0.15) is 21.5 Å². The summed E-state index contributed by atoms with van der Waals surface area (Å²) in [4.78, 5) is 34.1. The van der Waals surface area contributed by atoms with Crippen molar-refractivity contribution < 1.29 is 19.7 Å². The van der Waals surface area contributed by atoms with Crippen molar-refractivity contribution in [1.82, 2.24) is 0 Å². The first-order chi connectivity index (χ1) is 15.7. The molecule has 8 nitrogen and oxygen atoms in total. The number of Topliss-reactive ketones (excluding diaryl/α,β-unsaturated/α-hetero) is 1. The Morgan fingerprint density at radius 3 is 2.21 bits per heavy atom. The van der Waals surface area contributed by atoms with E-state index in [4.69, 9.17) is 11.6 Å². The number of phenols is 1. The molecule has 0 aliphatic carbocycles. The van der Waals surface area contributed by atoms with Crippen molar-refractivity contribution in [3.8, 4) is 5.75 Å². The lowest BCUT2D eigenvalue weighted by atomic mass is 10.1. The van der Waals surface area contributed by atoms with Crippen LogP contribution in [0.2, 0.25) is 5.02 Å². The molecule has 3 aromatic carbocycles. The zero-order valence-corrected chi connectivity index (χ0v) is 19.8. The van der Waals surface area contributed by atoms with Gasteiger partial charge in [0.25, 0.3) is 5.69 Å². The Bertz CT molecular complexity index is 1280. The van der Waals surface area contributed by atoms with E-state index in [2.05, 4.69) is 15.9 Å². The van der Waals surface area contributed by atoms with Crippen molar-refractivity contribution >= 4 is 62.5 Å². The summed E-state index contributed by atoms with van der Waals surface area (Å²) >= 11 is 10.5. The number of allylic oxidation sites excluding steroid dienone is 1. The van der Waals surface area contributed by atoms with E-state index in [-0.39, 0.29) is 21.2 Å². The lowest BCUT2D eigenvalue weighted by Gasteiger charge is -2.09. The number of carbonyl (C=O) groups excluding carboxylic acids is 1. The first kappa shape index (κ1) is 24.4. The minimum Gasteiger partial charge on any atom is -0.502 e. The van der Waals surface area contributed by atoms with E-state index in [1.54, 1.807) is 0 Å². The molecule has 0 fully saturated rings. The second-order valence-corrected chi connectivity index (χ2v) is 9.02. The molecule has 0 bridgehead atoms. The Morgan fingerprint density at radius 1 is 1.00 bits per heavy atom. The molecule has 0 atom stereocenters. The van der Waals surface area contributed by atoms with Crippen LogP contribution in [0, 0.1) is 20.2 Å². The van der Waals surface area contributed by atoms with Crippen molar-refractivity contribution in [3.05, 3.63) is 112 Å². The predicted octanol–water partition coefficient (Wildman–Crippen LogP) is 6.78. The molecule has 0 spiro atoms. The number of hydrogen-bond donors (Lipinski definition) is 1. The van der Waals surface area contributed by atoms with Crippen LogP contribution in [0.15, 0.2) is 70.0 Å². The molecule has 33 heavy (non-hydrogen) atoms. The van der Waals surface area contributed by atoms with Gasteiger partial charge in [0.15, 0.2) is 11.5 Å². The van der Waals surface area contributed by atoms with E-state index in [1.165, 1.54) is 42.1 Å². The monoisotopic (exact) mass is 548 g/mol. The highest BCUT2D eigenvalue weighted by Gasteiger charge is 2.19. The molecule has 0 aromatic heterocycles. The number of rotatable bonds is 8. The van der Waals surface area contributed by atoms with Crippen molar-refractivity contribution in [1.29, 1.82) is 0 Å². The van der Waals surface area contributed by atoms with Gasteiger partial charge in [0.05, 0.1) is 14.8 Å². The Hall–Kier alpha value is -3.21. The summed E-state index contributed by atoms with van der Waals surface area (Å²) in [5.41, 5.74) is 0.686. The van der Waals surface area contributed by atoms with Gasteiger partial charge in [-0.15, -0.1) is 11.8 Å². The number of benzene rings is 3. The maximum atomic E-state index is 13.2. The zero-order chi connectivity index (χ0) is 24.1. The molecule has 11 heteroatoms. The van der Waals surface area contributed by atoms with Gasteiger partial charge in [-0.05, 0) is 53.6 Å². The van der Waals surface area contributed by atoms with Gasteiger partial charge >= 0.3 is 5.69 Å². The fourth-order valence-corrected chi connectivity index (χ4v) is 4.29. The fraction of sp³-hybridized carbons (Fsp3) is 0.0455. The van der Waals surface area contributed by atoms with Gasteiger partial charge in [0, 0.05) is 27.9 Å². The Kier molecular flexibility index (Phi) is 7.85.